The maximum absolute atomic E-state index is 13.4. The van der Waals surface area contributed by atoms with Gasteiger partial charge >= 0.3 is 6.18 Å². The maximum atomic E-state index is 13.4. The number of pyridine rings is 1. The third-order valence-electron chi connectivity index (χ3n) is 3.50. The van der Waals surface area contributed by atoms with Gasteiger partial charge in [0.2, 0.25) is 5.60 Å². The number of nitrogens with two attached hydrogens (primary N) is 1. The van der Waals surface area contributed by atoms with E-state index in [1.807, 2.05) is 0 Å². The topological polar surface area (TPSA) is 59.1 Å². The lowest BCUT2D eigenvalue weighted by molar-refractivity contribution is -0.274. The second-order valence-corrected chi connectivity index (χ2v) is 4.68. The Labute approximate surface area is 114 Å². The van der Waals surface area contributed by atoms with Crippen LogP contribution in [0.25, 0.3) is 10.8 Å². The molecule has 1 aromatic carbocycles. The van der Waals surface area contributed by atoms with Gasteiger partial charge in [-0.3, -0.25) is 4.98 Å². The number of aromatic nitrogens is 1. The molecule has 0 fully saturated rings. The summed E-state index contributed by atoms with van der Waals surface area (Å²) in [5.74, 6) is 0. The molecule has 2 unspecified atom stereocenters. The standard InChI is InChI=1S/C14H15F3N2O/c1-2-12(18)13(20,14(15,16)17)11-5-3-4-9-6-7-19-8-10(9)11/h3-8,12,20H,2,18H2,1H3. The van der Waals surface area contributed by atoms with Gasteiger partial charge < -0.3 is 10.8 Å². The van der Waals surface area contributed by atoms with Crippen LogP contribution < -0.4 is 5.73 Å². The summed E-state index contributed by atoms with van der Waals surface area (Å²) in [6.07, 6.45) is -2.08. The molecule has 0 amide bonds. The van der Waals surface area contributed by atoms with E-state index in [1.54, 1.807) is 12.1 Å². The number of hydrogen-bond donors (Lipinski definition) is 2. The fourth-order valence-corrected chi connectivity index (χ4v) is 2.30. The zero-order valence-electron chi connectivity index (χ0n) is 10.9. The molecule has 2 atom stereocenters. The Hall–Kier alpha value is -1.66. The molecule has 1 heterocycles. The molecular formula is C14H15F3N2O. The Bertz CT molecular complexity index is 609. The SMILES string of the molecule is CCC(N)C(O)(c1cccc2ccncc12)C(F)(F)F. The van der Waals surface area contributed by atoms with E-state index in [9.17, 15) is 18.3 Å². The number of halogens is 3. The predicted molar refractivity (Wildman–Crippen MR) is 70.0 cm³/mol. The van der Waals surface area contributed by atoms with Gasteiger partial charge in [0.05, 0.1) is 0 Å². The van der Waals surface area contributed by atoms with Gasteiger partial charge in [-0.05, 0) is 17.9 Å². The molecule has 20 heavy (non-hydrogen) atoms. The van der Waals surface area contributed by atoms with E-state index in [2.05, 4.69) is 4.98 Å². The molecule has 2 aromatic rings. The number of aliphatic hydroxyl groups is 1. The zero-order valence-corrected chi connectivity index (χ0v) is 10.9. The molecule has 1 aromatic heterocycles. The van der Waals surface area contributed by atoms with Crippen molar-refractivity contribution in [3.63, 3.8) is 0 Å². The number of fused-ring (bicyclic) bond motifs is 1. The summed E-state index contributed by atoms with van der Waals surface area (Å²) in [6, 6.07) is 4.51. The average Bonchev–Trinajstić information content (AvgIpc) is 2.43. The molecule has 2 rings (SSSR count). The molecule has 6 heteroatoms. The summed E-state index contributed by atoms with van der Waals surface area (Å²) in [5.41, 5.74) is 2.22. The predicted octanol–water partition coefficient (Wildman–Crippen LogP) is 2.72. The summed E-state index contributed by atoms with van der Waals surface area (Å²) in [5, 5.41) is 11.1. The quantitative estimate of drug-likeness (QED) is 0.911. The molecule has 0 saturated carbocycles. The molecule has 3 nitrogen and oxygen atoms in total. The number of nitrogens with zero attached hydrogens (tertiary/aromatic N) is 1. The third kappa shape index (κ3) is 2.14. The van der Waals surface area contributed by atoms with Crippen LogP contribution in [-0.2, 0) is 5.60 Å². The monoisotopic (exact) mass is 284 g/mol. The molecule has 3 N–H and O–H groups in total. The van der Waals surface area contributed by atoms with E-state index in [1.165, 1.54) is 31.5 Å². The summed E-state index contributed by atoms with van der Waals surface area (Å²) in [4.78, 5) is 3.83. The first-order chi connectivity index (χ1) is 9.32. The molecule has 0 bridgehead atoms. The van der Waals surface area contributed by atoms with Crippen molar-refractivity contribution in [2.24, 2.45) is 5.73 Å². The Morgan fingerprint density at radius 3 is 2.60 bits per heavy atom. The summed E-state index contributed by atoms with van der Waals surface area (Å²) < 4.78 is 40.2. The van der Waals surface area contributed by atoms with Crippen molar-refractivity contribution in [1.29, 1.82) is 0 Å². The van der Waals surface area contributed by atoms with Gasteiger partial charge in [0.25, 0.3) is 0 Å². The molecule has 0 saturated heterocycles. The second-order valence-electron chi connectivity index (χ2n) is 4.68. The van der Waals surface area contributed by atoms with Crippen LogP contribution in [0.15, 0.2) is 36.7 Å². The molecular weight excluding hydrogens is 269 g/mol. The van der Waals surface area contributed by atoms with E-state index in [0.29, 0.717) is 5.39 Å². The van der Waals surface area contributed by atoms with E-state index in [4.69, 9.17) is 5.73 Å². The Kier molecular flexibility index (Phi) is 3.71. The minimum Gasteiger partial charge on any atom is -0.375 e. The fraction of sp³-hybridized carbons (Fsp3) is 0.357. The number of hydrogen-bond acceptors (Lipinski definition) is 3. The van der Waals surface area contributed by atoms with Crippen molar-refractivity contribution in [3.05, 3.63) is 42.2 Å². The Morgan fingerprint density at radius 2 is 2.00 bits per heavy atom. The highest BCUT2D eigenvalue weighted by molar-refractivity contribution is 5.85. The lowest BCUT2D eigenvalue weighted by Gasteiger charge is -2.36. The number of alkyl halides is 3. The summed E-state index contributed by atoms with van der Waals surface area (Å²) in [6.45, 7) is 1.50. The van der Waals surface area contributed by atoms with E-state index < -0.39 is 17.8 Å². The van der Waals surface area contributed by atoms with Gasteiger partial charge in [0, 0.05) is 29.4 Å². The van der Waals surface area contributed by atoms with Crippen LogP contribution in [0.5, 0.6) is 0 Å². The first kappa shape index (κ1) is 14.7. The largest absolute Gasteiger partial charge is 0.423 e. The van der Waals surface area contributed by atoms with Crippen molar-refractivity contribution < 1.29 is 18.3 Å². The molecule has 0 spiro atoms. The maximum Gasteiger partial charge on any atom is 0.423 e. The normalized spacial score (nSPS) is 16.9. The van der Waals surface area contributed by atoms with E-state index >= 15 is 0 Å². The summed E-state index contributed by atoms with van der Waals surface area (Å²) >= 11 is 0. The highest BCUT2D eigenvalue weighted by Gasteiger charge is 2.58. The number of rotatable bonds is 3. The van der Waals surface area contributed by atoms with E-state index in [-0.39, 0.29) is 17.4 Å². The first-order valence-corrected chi connectivity index (χ1v) is 6.20. The highest BCUT2D eigenvalue weighted by atomic mass is 19.4. The van der Waals surface area contributed by atoms with Crippen molar-refractivity contribution in [3.8, 4) is 0 Å². The van der Waals surface area contributed by atoms with Gasteiger partial charge in [-0.15, -0.1) is 0 Å². The van der Waals surface area contributed by atoms with Gasteiger partial charge in [0.15, 0.2) is 0 Å². The molecule has 0 radical (unpaired) electrons. The fourth-order valence-electron chi connectivity index (χ4n) is 2.30. The Morgan fingerprint density at radius 1 is 1.30 bits per heavy atom. The van der Waals surface area contributed by atoms with Crippen molar-refractivity contribution in [1.82, 2.24) is 4.98 Å². The van der Waals surface area contributed by atoms with Gasteiger partial charge in [0.1, 0.15) is 0 Å². The van der Waals surface area contributed by atoms with Crippen LogP contribution in [0.3, 0.4) is 0 Å². The van der Waals surface area contributed by atoms with Crippen LogP contribution in [0.1, 0.15) is 18.9 Å². The van der Waals surface area contributed by atoms with Crippen molar-refractivity contribution in [2.45, 2.75) is 31.2 Å². The molecule has 0 aliphatic heterocycles. The second kappa shape index (κ2) is 5.03. The van der Waals surface area contributed by atoms with Crippen LogP contribution in [0.2, 0.25) is 0 Å². The van der Waals surface area contributed by atoms with Crippen LogP contribution >= 0.6 is 0 Å². The third-order valence-corrected chi connectivity index (χ3v) is 3.50. The zero-order chi connectivity index (χ0) is 15.0. The highest BCUT2D eigenvalue weighted by Crippen LogP contribution is 2.44. The molecule has 108 valence electrons. The summed E-state index contributed by atoms with van der Waals surface area (Å²) in [7, 11) is 0. The Balaban J connectivity index is 2.76. The minimum atomic E-state index is -4.87. The van der Waals surface area contributed by atoms with Crippen LogP contribution in [0.4, 0.5) is 13.2 Å². The average molecular weight is 284 g/mol. The van der Waals surface area contributed by atoms with Crippen LogP contribution in [-0.4, -0.2) is 22.3 Å². The lowest BCUT2D eigenvalue weighted by atomic mass is 9.82. The van der Waals surface area contributed by atoms with Crippen molar-refractivity contribution >= 4 is 10.8 Å². The van der Waals surface area contributed by atoms with E-state index in [0.717, 1.165) is 0 Å². The lowest BCUT2D eigenvalue weighted by Crippen LogP contribution is -2.55. The number of benzene rings is 1. The van der Waals surface area contributed by atoms with Gasteiger partial charge in [-0.25, -0.2) is 0 Å². The minimum absolute atomic E-state index is 0.00728. The molecule has 0 aliphatic carbocycles. The van der Waals surface area contributed by atoms with Crippen molar-refractivity contribution in [2.75, 3.05) is 0 Å². The first-order valence-electron chi connectivity index (χ1n) is 6.20. The van der Waals surface area contributed by atoms with Crippen LogP contribution in [0, 0.1) is 0 Å². The smallest absolute Gasteiger partial charge is 0.375 e. The molecule has 0 aliphatic rings. The van der Waals surface area contributed by atoms with Gasteiger partial charge in [-0.2, -0.15) is 13.2 Å². The van der Waals surface area contributed by atoms with Gasteiger partial charge in [-0.1, -0.05) is 25.1 Å².